The lowest BCUT2D eigenvalue weighted by molar-refractivity contribution is -0.264. The summed E-state index contributed by atoms with van der Waals surface area (Å²) < 4.78 is 13.2. The molecule has 9 heteroatoms. The molecule has 5 bridgehead atoms. The minimum absolute atomic E-state index is 0.105. The Balaban J connectivity index is 1.09. The average molecular weight is 550 g/mol. The molecule has 9 rings (SSSR count). The van der Waals surface area contributed by atoms with E-state index in [1.54, 1.807) is 24.3 Å². The molecule has 2 aromatic carbocycles. The first-order valence-electron chi connectivity index (χ1n) is 12.4. The summed E-state index contributed by atoms with van der Waals surface area (Å²) in [5.41, 5.74) is 2.28. The van der Waals surface area contributed by atoms with Gasteiger partial charge in [-0.25, -0.2) is 4.98 Å². The largest absolute Gasteiger partial charge is 0.382 e. The van der Waals surface area contributed by atoms with Crippen LogP contribution in [-0.2, 0) is 16.9 Å². The van der Waals surface area contributed by atoms with Gasteiger partial charge in [0.1, 0.15) is 22.1 Å². The molecule has 4 aromatic rings. The maximum absolute atomic E-state index is 12.2. The molecule has 5 fully saturated rings. The van der Waals surface area contributed by atoms with Gasteiger partial charge >= 0.3 is 0 Å². The van der Waals surface area contributed by atoms with E-state index in [2.05, 4.69) is 11.2 Å². The molecule has 2 unspecified atom stereocenters. The Bertz CT molecular complexity index is 1670. The Morgan fingerprint density at radius 2 is 2.08 bits per heavy atom. The lowest BCUT2D eigenvalue weighted by Crippen LogP contribution is -2.64. The zero-order valence-corrected chi connectivity index (χ0v) is 22.1. The third-order valence-corrected chi connectivity index (χ3v) is 11.4. The molecule has 0 saturated heterocycles. The third kappa shape index (κ3) is 2.59. The summed E-state index contributed by atoms with van der Waals surface area (Å²) in [6, 6.07) is 13.1. The summed E-state index contributed by atoms with van der Waals surface area (Å²) in [7, 11) is 0. The average Bonchev–Trinajstić information content (AvgIpc) is 3.12. The van der Waals surface area contributed by atoms with Crippen LogP contribution in [0.1, 0.15) is 41.2 Å². The second-order valence-corrected chi connectivity index (χ2v) is 12.9. The van der Waals surface area contributed by atoms with Gasteiger partial charge < -0.3 is 14.4 Å². The number of thiazole rings is 1. The fourth-order valence-electron chi connectivity index (χ4n) is 8.20. The van der Waals surface area contributed by atoms with Crippen molar-refractivity contribution in [3.05, 3.63) is 68.3 Å². The van der Waals surface area contributed by atoms with Gasteiger partial charge in [0.05, 0.1) is 44.1 Å². The second kappa shape index (κ2) is 7.13. The van der Waals surface area contributed by atoms with Crippen molar-refractivity contribution in [1.82, 2.24) is 10.1 Å². The van der Waals surface area contributed by atoms with Crippen molar-refractivity contribution < 1.29 is 14.4 Å². The van der Waals surface area contributed by atoms with Crippen LogP contribution in [0.2, 0.25) is 10.0 Å². The van der Waals surface area contributed by atoms with Crippen molar-refractivity contribution in [2.45, 2.75) is 44.0 Å². The van der Waals surface area contributed by atoms with Crippen LogP contribution in [0.4, 0.5) is 0 Å². The van der Waals surface area contributed by atoms with Gasteiger partial charge in [0.25, 0.3) is 0 Å². The molecule has 6 nitrogen and oxygen atoms in total. The van der Waals surface area contributed by atoms with Crippen LogP contribution >= 0.6 is 34.5 Å². The molecule has 0 amide bonds. The third-order valence-electron chi connectivity index (χ3n) is 9.63. The number of hydrogen-bond acceptors (Lipinski definition) is 7. The Labute approximate surface area is 226 Å². The number of fused-ring (bicyclic) bond motifs is 1. The molecule has 6 atom stereocenters. The number of aromatic nitrogens is 2. The van der Waals surface area contributed by atoms with Crippen LogP contribution in [-0.4, -0.2) is 20.8 Å². The van der Waals surface area contributed by atoms with E-state index in [4.69, 9.17) is 37.4 Å². The van der Waals surface area contributed by atoms with Gasteiger partial charge in [-0.2, -0.15) is 5.26 Å². The number of aryl methyl sites for hydroxylation is 1. The number of aliphatic hydroxyl groups is 1. The number of hydrogen-bond donors (Lipinski definition) is 1. The molecule has 5 aliphatic carbocycles. The SMILES string of the molecule is Cc1onc(-c2c(Cl)cccc2Cl)c1CO[C@]12C[C@H]3CC4[C@H]1C4(C2)[C@]3(O)c1nc2ccc(C#N)cc2s1. The summed E-state index contributed by atoms with van der Waals surface area (Å²) >= 11 is 14.5. The summed E-state index contributed by atoms with van der Waals surface area (Å²) in [5, 5.41) is 27.6. The number of nitriles is 1. The van der Waals surface area contributed by atoms with Gasteiger partial charge in [0.2, 0.25) is 0 Å². The zero-order chi connectivity index (χ0) is 25.3. The molecule has 37 heavy (non-hydrogen) atoms. The predicted molar refractivity (Wildman–Crippen MR) is 139 cm³/mol. The molecule has 0 radical (unpaired) electrons. The van der Waals surface area contributed by atoms with Crippen LogP contribution < -0.4 is 0 Å². The highest BCUT2D eigenvalue weighted by molar-refractivity contribution is 7.18. The molecule has 1 spiro atoms. The van der Waals surface area contributed by atoms with Gasteiger partial charge in [0.15, 0.2) is 0 Å². The summed E-state index contributed by atoms with van der Waals surface area (Å²) in [6.07, 6.45) is 2.64. The Morgan fingerprint density at radius 1 is 1.27 bits per heavy atom. The van der Waals surface area contributed by atoms with Gasteiger partial charge in [-0.15, -0.1) is 11.3 Å². The highest BCUT2D eigenvalue weighted by Gasteiger charge is 2.96. The van der Waals surface area contributed by atoms with E-state index in [-0.39, 0.29) is 16.9 Å². The molecule has 2 aromatic heterocycles. The monoisotopic (exact) mass is 549 g/mol. The van der Waals surface area contributed by atoms with E-state index in [9.17, 15) is 10.4 Å². The quantitative estimate of drug-likeness (QED) is 0.300. The van der Waals surface area contributed by atoms with E-state index in [0.29, 0.717) is 51.1 Å². The Morgan fingerprint density at radius 3 is 2.84 bits per heavy atom. The van der Waals surface area contributed by atoms with E-state index < -0.39 is 5.60 Å². The van der Waals surface area contributed by atoms with Gasteiger partial charge in [-0.3, -0.25) is 0 Å². The van der Waals surface area contributed by atoms with Crippen LogP contribution in [0.5, 0.6) is 0 Å². The maximum atomic E-state index is 12.2. The highest BCUT2D eigenvalue weighted by Crippen LogP contribution is 2.94. The molecule has 5 saturated carbocycles. The molecule has 1 N–H and O–H groups in total. The van der Waals surface area contributed by atoms with Crippen molar-refractivity contribution in [3.8, 4) is 17.3 Å². The van der Waals surface area contributed by atoms with Gasteiger partial charge in [0, 0.05) is 22.5 Å². The smallest absolute Gasteiger partial charge is 0.139 e. The minimum atomic E-state index is -0.923. The predicted octanol–water partition coefficient (Wildman–Crippen LogP) is 6.64. The van der Waals surface area contributed by atoms with E-state index in [0.717, 1.165) is 40.1 Å². The molecule has 186 valence electrons. The van der Waals surface area contributed by atoms with E-state index in [1.165, 1.54) is 11.3 Å². The summed E-state index contributed by atoms with van der Waals surface area (Å²) in [4.78, 5) is 4.86. The Hall–Kier alpha value is -2.47. The van der Waals surface area contributed by atoms with Crippen molar-refractivity contribution in [3.63, 3.8) is 0 Å². The molecule has 2 heterocycles. The number of rotatable bonds is 5. The van der Waals surface area contributed by atoms with Crippen molar-refractivity contribution in [2.24, 2.45) is 23.2 Å². The number of halogens is 2. The normalized spacial score (nSPS) is 34.4. The van der Waals surface area contributed by atoms with Crippen LogP contribution in [0, 0.1) is 41.4 Å². The first-order valence-corrected chi connectivity index (χ1v) is 14.0. The zero-order valence-electron chi connectivity index (χ0n) is 19.8. The van der Waals surface area contributed by atoms with Crippen LogP contribution in [0.15, 0.2) is 40.9 Å². The molecule has 5 aliphatic rings. The van der Waals surface area contributed by atoms with Crippen molar-refractivity contribution >= 4 is 44.8 Å². The van der Waals surface area contributed by atoms with Crippen LogP contribution in [0.25, 0.3) is 21.5 Å². The fraction of sp³-hybridized carbons (Fsp3) is 0.393. The van der Waals surface area contributed by atoms with E-state index in [1.807, 2.05) is 19.1 Å². The molecular formula is C28H21Cl2N3O3S. The first kappa shape index (κ1) is 22.5. The molecular weight excluding hydrogens is 529 g/mol. The Kier molecular flexibility index (Phi) is 4.34. The second-order valence-electron chi connectivity index (χ2n) is 11.0. The van der Waals surface area contributed by atoms with E-state index >= 15 is 0 Å². The maximum Gasteiger partial charge on any atom is 0.139 e. The van der Waals surface area contributed by atoms with Crippen LogP contribution in [0.3, 0.4) is 0 Å². The standard InChI is InChI=1S/C28H21Cl2N3O3S/c1-13-16(23(33-36-13)22-18(29)3-2-4-19(22)30)11-35-26-9-15-8-17-24(26)27(17,12-26)28(15,34)25-32-20-6-5-14(10-31)7-21(20)37-25/h2-7,15,17,24,34H,8-9,11-12H2,1H3/t15-,17?,24-,26+,27?,28-/m1/s1. The van der Waals surface area contributed by atoms with Crippen molar-refractivity contribution in [2.75, 3.05) is 0 Å². The number of benzene rings is 2. The summed E-state index contributed by atoms with van der Waals surface area (Å²) in [5.74, 6) is 1.57. The summed E-state index contributed by atoms with van der Waals surface area (Å²) in [6.45, 7) is 2.23. The minimum Gasteiger partial charge on any atom is -0.382 e. The lowest BCUT2D eigenvalue weighted by atomic mass is 9.51. The number of ether oxygens (including phenoxy) is 1. The fourth-order valence-corrected chi connectivity index (χ4v) is 10.0. The van der Waals surface area contributed by atoms with Crippen molar-refractivity contribution in [1.29, 1.82) is 5.26 Å². The highest BCUT2D eigenvalue weighted by atomic mass is 35.5. The number of nitrogens with zero attached hydrogens (tertiary/aromatic N) is 3. The van der Waals surface area contributed by atoms with Gasteiger partial charge in [-0.1, -0.05) is 34.4 Å². The first-order chi connectivity index (χ1) is 17.8. The molecule has 0 aliphatic heterocycles. The lowest BCUT2D eigenvalue weighted by Gasteiger charge is -2.60. The van der Waals surface area contributed by atoms with Gasteiger partial charge in [-0.05, 0) is 68.4 Å². The topological polar surface area (TPSA) is 92.2 Å².